The molecule has 0 saturated carbocycles. The lowest BCUT2D eigenvalue weighted by Crippen LogP contribution is -2.00. The van der Waals surface area contributed by atoms with Crippen LogP contribution in [-0.4, -0.2) is 13.9 Å². The minimum atomic E-state index is -2.49. The van der Waals surface area contributed by atoms with Gasteiger partial charge < -0.3 is 9.47 Å². The average Bonchev–Trinajstić information content (AvgIpc) is 2.16. The van der Waals surface area contributed by atoms with Gasteiger partial charge in [0.1, 0.15) is 5.75 Å². The van der Waals surface area contributed by atoms with E-state index in [1.165, 1.54) is 25.3 Å². The van der Waals surface area contributed by atoms with E-state index in [0.717, 1.165) is 0 Å². The van der Waals surface area contributed by atoms with E-state index in [1.54, 1.807) is 0 Å². The second-order valence-corrected chi connectivity index (χ2v) is 3.40. The number of benzene rings is 1. The third-order valence-corrected chi connectivity index (χ3v) is 2.19. The van der Waals surface area contributed by atoms with Gasteiger partial charge in [0.15, 0.2) is 6.79 Å². The summed E-state index contributed by atoms with van der Waals surface area (Å²) in [6, 6.07) is 4.15. The van der Waals surface area contributed by atoms with Crippen molar-refractivity contribution in [3.63, 3.8) is 0 Å². The Morgan fingerprint density at radius 1 is 1.43 bits per heavy atom. The van der Waals surface area contributed by atoms with Crippen molar-refractivity contribution in [3.8, 4) is 5.75 Å². The van der Waals surface area contributed by atoms with Gasteiger partial charge in [-0.2, -0.15) is 0 Å². The molecule has 0 bridgehead atoms. The Balaban J connectivity index is 2.85. The summed E-state index contributed by atoms with van der Waals surface area (Å²) in [5.74, 6) is 0.352. The highest BCUT2D eigenvalue weighted by molar-refractivity contribution is 9.10. The van der Waals surface area contributed by atoms with Crippen LogP contribution in [0.1, 0.15) is 12.0 Å². The first-order chi connectivity index (χ1) is 6.65. The van der Waals surface area contributed by atoms with E-state index in [1.807, 2.05) is 0 Å². The molecule has 1 rings (SSSR count). The summed E-state index contributed by atoms with van der Waals surface area (Å²) >= 11 is 3.18. The van der Waals surface area contributed by atoms with Crippen molar-refractivity contribution in [1.82, 2.24) is 0 Å². The Labute approximate surface area is 89.0 Å². The first-order valence-electron chi connectivity index (χ1n) is 3.84. The minimum Gasteiger partial charge on any atom is -0.466 e. The zero-order valence-corrected chi connectivity index (χ0v) is 9.05. The van der Waals surface area contributed by atoms with Gasteiger partial charge in [0.2, 0.25) is 0 Å². The Bertz CT molecular complexity index is 305. The number of methoxy groups -OCH3 is 1. The van der Waals surface area contributed by atoms with Crippen LogP contribution in [0.2, 0.25) is 0 Å². The fourth-order valence-electron chi connectivity index (χ4n) is 0.889. The Kier molecular flexibility index (Phi) is 4.28. The van der Waals surface area contributed by atoms with Crippen molar-refractivity contribution in [2.75, 3.05) is 13.9 Å². The molecule has 0 aliphatic heterocycles. The number of rotatable bonds is 4. The van der Waals surface area contributed by atoms with E-state index < -0.39 is 6.43 Å². The maximum absolute atomic E-state index is 12.3. The smallest absolute Gasteiger partial charge is 0.263 e. The van der Waals surface area contributed by atoms with Gasteiger partial charge in [0, 0.05) is 12.7 Å². The van der Waals surface area contributed by atoms with Crippen molar-refractivity contribution in [2.45, 2.75) is 6.43 Å². The third-order valence-electron chi connectivity index (χ3n) is 1.54. The van der Waals surface area contributed by atoms with E-state index in [4.69, 9.17) is 4.74 Å². The van der Waals surface area contributed by atoms with Crippen LogP contribution in [0.5, 0.6) is 5.75 Å². The molecule has 78 valence electrons. The molecule has 14 heavy (non-hydrogen) atoms. The van der Waals surface area contributed by atoms with Crippen LogP contribution >= 0.6 is 15.9 Å². The largest absolute Gasteiger partial charge is 0.466 e. The summed E-state index contributed by atoms with van der Waals surface area (Å²) in [7, 11) is 1.46. The van der Waals surface area contributed by atoms with Gasteiger partial charge in [0.05, 0.1) is 4.47 Å². The highest BCUT2D eigenvalue weighted by Gasteiger charge is 2.10. The summed E-state index contributed by atoms with van der Waals surface area (Å²) < 4.78 is 35.0. The molecular formula is C9H9BrF2O2. The predicted octanol–water partition coefficient (Wildman–Crippen LogP) is 3.37. The molecule has 1 aromatic carbocycles. The highest BCUT2D eigenvalue weighted by atomic mass is 79.9. The lowest BCUT2D eigenvalue weighted by molar-refractivity contribution is 0.0502. The number of ether oxygens (including phenoxy) is 2. The molecule has 0 spiro atoms. The average molecular weight is 267 g/mol. The lowest BCUT2D eigenvalue weighted by atomic mass is 10.2. The predicted molar refractivity (Wildman–Crippen MR) is 51.6 cm³/mol. The van der Waals surface area contributed by atoms with Crippen LogP contribution in [0, 0.1) is 0 Å². The highest BCUT2D eigenvalue weighted by Crippen LogP contribution is 2.30. The Morgan fingerprint density at radius 2 is 2.14 bits per heavy atom. The molecule has 0 radical (unpaired) electrons. The summed E-state index contributed by atoms with van der Waals surface area (Å²) in [5, 5.41) is 0. The van der Waals surface area contributed by atoms with Gasteiger partial charge >= 0.3 is 0 Å². The number of alkyl halides is 2. The molecule has 0 heterocycles. The van der Waals surface area contributed by atoms with Gasteiger partial charge in [-0.3, -0.25) is 0 Å². The van der Waals surface area contributed by atoms with E-state index in [0.29, 0.717) is 10.2 Å². The topological polar surface area (TPSA) is 18.5 Å². The van der Waals surface area contributed by atoms with Crippen LogP contribution in [-0.2, 0) is 4.74 Å². The van der Waals surface area contributed by atoms with Crippen molar-refractivity contribution in [1.29, 1.82) is 0 Å². The molecule has 0 unspecified atom stereocenters. The molecule has 0 aliphatic carbocycles. The maximum atomic E-state index is 12.3. The van der Waals surface area contributed by atoms with Crippen LogP contribution < -0.4 is 4.74 Å². The zero-order chi connectivity index (χ0) is 10.6. The van der Waals surface area contributed by atoms with Crippen molar-refractivity contribution in [2.24, 2.45) is 0 Å². The van der Waals surface area contributed by atoms with Crippen molar-refractivity contribution in [3.05, 3.63) is 28.2 Å². The fourth-order valence-corrected chi connectivity index (χ4v) is 1.25. The summed E-state index contributed by atoms with van der Waals surface area (Å²) in [6.07, 6.45) is -2.49. The molecule has 0 amide bonds. The normalized spacial score (nSPS) is 10.6. The fraction of sp³-hybridized carbons (Fsp3) is 0.333. The van der Waals surface area contributed by atoms with Crippen molar-refractivity contribution < 1.29 is 18.3 Å². The minimum absolute atomic E-state index is 0.0330. The first kappa shape index (κ1) is 11.4. The molecule has 0 atom stereocenters. The summed E-state index contributed by atoms with van der Waals surface area (Å²) in [5.41, 5.74) is -0.0701. The molecule has 0 aliphatic rings. The van der Waals surface area contributed by atoms with Gasteiger partial charge in [-0.1, -0.05) is 6.07 Å². The molecule has 0 aromatic heterocycles. The number of halogens is 3. The van der Waals surface area contributed by atoms with Gasteiger partial charge in [-0.15, -0.1) is 0 Å². The van der Waals surface area contributed by atoms with Crippen LogP contribution in [0.3, 0.4) is 0 Å². The van der Waals surface area contributed by atoms with E-state index >= 15 is 0 Å². The lowest BCUT2D eigenvalue weighted by Gasteiger charge is -2.08. The SMILES string of the molecule is COCOc1cc(C(F)F)ccc1Br. The van der Waals surface area contributed by atoms with Gasteiger partial charge in [-0.25, -0.2) is 8.78 Å². The Hall–Kier alpha value is -0.680. The van der Waals surface area contributed by atoms with Crippen LogP contribution in [0.25, 0.3) is 0 Å². The summed E-state index contributed by atoms with van der Waals surface area (Å²) in [4.78, 5) is 0. The maximum Gasteiger partial charge on any atom is 0.263 e. The standard InChI is InChI=1S/C9H9BrF2O2/c1-13-5-14-8-4-6(9(11)12)2-3-7(8)10/h2-4,9H,5H2,1H3. The first-order valence-corrected chi connectivity index (χ1v) is 4.63. The number of hydrogen-bond acceptors (Lipinski definition) is 2. The molecular weight excluding hydrogens is 258 g/mol. The van der Waals surface area contributed by atoms with E-state index in [9.17, 15) is 8.78 Å². The van der Waals surface area contributed by atoms with E-state index in [-0.39, 0.29) is 12.4 Å². The second-order valence-electron chi connectivity index (χ2n) is 2.54. The Morgan fingerprint density at radius 3 is 2.71 bits per heavy atom. The molecule has 5 heteroatoms. The monoisotopic (exact) mass is 266 g/mol. The quantitative estimate of drug-likeness (QED) is 0.778. The summed E-state index contributed by atoms with van der Waals surface area (Å²) in [6.45, 7) is 0.0330. The third kappa shape index (κ3) is 2.92. The molecule has 1 aromatic rings. The molecule has 0 fully saturated rings. The second kappa shape index (κ2) is 5.26. The van der Waals surface area contributed by atoms with Gasteiger partial charge in [-0.05, 0) is 28.1 Å². The number of hydrogen-bond donors (Lipinski definition) is 0. The van der Waals surface area contributed by atoms with E-state index in [2.05, 4.69) is 20.7 Å². The van der Waals surface area contributed by atoms with Crippen LogP contribution in [0.4, 0.5) is 8.78 Å². The zero-order valence-electron chi connectivity index (χ0n) is 7.47. The van der Waals surface area contributed by atoms with Crippen molar-refractivity contribution >= 4 is 15.9 Å². The van der Waals surface area contributed by atoms with Gasteiger partial charge in [0.25, 0.3) is 6.43 Å². The molecule has 0 saturated heterocycles. The molecule has 2 nitrogen and oxygen atoms in total. The van der Waals surface area contributed by atoms with Crippen LogP contribution in [0.15, 0.2) is 22.7 Å². The molecule has 0 N–H and O–H groups in total.